The van der Waals surface area contributed by atoms with Gasteiger partial charge in [0.05, 0.1) is 36.7 Å². The van der Waals surface area contributed by atoms with Crippen LogP contribution in [0.5, 0.6) is 0 Å². The molecule has 1 aliphatic heterocycles. The van der Waals surface area contributed by atoms with Gasteiger partial charge in [0.25, 0.3) is 0 Å². The van der Waals surface area contributed by atoms with Gasteiger partial charge in [-0.25, -0.2) is 0 Å². The van der Waals surface area contributed by atoms with Gasteiger partial charge in [-0.1, -0.05) is 0 Å². The molecular weight excluding hydrogens is 354 g/mol. The normalized spacial score (nSPS) is 13.7. The fourth-order valence-electron chi connectivity index (χ4n) is 3.33. The molecule has 3 rings (SSSR count). The Kier molecular flexibility index (Phi) is 6.12. The molecule has 1 aliphatic rings. The number of hydrogen-bond acceptors (Lipinski definition) is 6. The van der Waals surface area contributed by atoms with E-state index in [1.165, 1.54) is 0 Å². The first-order valence-electron chi connectivity index (χ1n) is 9.30. The van der Waals surface area contributed by atoms with Gasteiger partial charge in [0.1, 0.15) is 6.07 Å². The SMILES string of the molecule is Cc1cc(N(C)CC(=O)Nc2ccc(N3CCOCC3)cc2)c(C#N)c(C)n1. The summed E-state index contributed by atoms with van der Waals surface area (Å²) in [6, 6.07) is 11.8. The molecule has 1 aromatic heterocycles. The topological polar surface area (TPSA) is 81.5 Å². The Morgan fingerprint density at radius 1 is 1.29 bits per heavy atom. The molecule has 7 nitrogen and oxygen atoms in total. The number of carbonyl (C=O) groups is 1. The van der Waals surface area contributed by atoms with Crippen molar-refractivity contribution in [1.82, 2.24) is 4.98 Å². The number of nitriles is 1. The van der Waals surface area contributed by atoms with Crippen molar-refractivity contribution in [2.45, 2.75) is 13.8 Å². The predicted octanol–water partition coefficient (Wildman–Crippen LogP) is 2.48. The maximum Gasteiger partial charge on any atom is 0.243 e. The maximum atomic E-state index is 12.5. The smallest absolute Gasteiger partial charge is 0.243 e. The van der Waals surface area contributed by atoms with Crippen LogP contribution in [-0.2, 0) is 9.53 Å². The van der Waals surface area contributed by atoms with Crippen LogP contribution in [0.1, 0.15) is 17.0 Å². The van der Waals surface area contributed by atoms with E-state index < -0.39 is 0 Å². The van der Waals surface area contributed by atoms with E-state index in [9.17, 15) is 10.1 Å². The fourth-order valence-corrected chi connectivity index (χ4v) is 3.33. The second kappa shape index (κ2) is 8.72. The van der Waals surface area contributed by atoms with Crippen molar-refractivity contribution >= 4 is 23.0 Å². The Morgan fingerprint density at radius 2 is 1.96 bits per heavy atom. The van der Waals surface area contributed by atoms with E-state index in [1.54, 1.807) is 18.9 Å². The second-order valence-corrected chi connectivity index (χ2v) is 6.91. The molecule has 0 atom stereocenters. The molecule has 7 heteroatoms. The number of rotatable bonds is 5. The van der Waals surface area contributed by atoms with Crippen molar-refractivity contribution in [2.75, 3.05) is 55.0 Å². The number of benzene rings is 1. The van der Waals surface area contributed by atoms with Crippen LogP contribution >= 0.6 is 0 Å². The molecule has 0 saturated carbocycles. The van der Waals surface area contributed by atoms with Gasteiger partial charge in [0.2, 0.25) is 5.91 Å². The van der Waals surface area contributed by atoms with E-state index in [2.05, 4.69) is 21.3 Å². The molecule has 0 radical (unpaired) electrons. The van der Waals surface area contributed by atoms with Crippen molar-refractivity contribution in [3.05, 3.63) is 47.3 Å². The lowest BCUT2D eigenvalue weighted by Gasteiger charge is -2.29. The number of amides is 1. The average molecular weight is 379 g/mol. The van der Waals surface area contributed by atoms with Gasteiger partial charge in [0.15, 0.2) is 0 Å². The van der Waals surface area contributed by atoms with Crippen molar-refractivity contribution < 1.29 is 9.53 Å². The van der Waals surface area contributed by atoms with E-state index >= 15 is 0 Å². The Hall–Kier alpha value is -3.11. The second-order valence-electron chi connectivity index (χ2n) is 6.91. The molecule has 0 unspecified atom stereocenters. The van der Waals surface area contributed by atoms with Gasteiger partial charge in [-0.2, -0.15) is 5.26 Å². The number of anilines is 3. The lowest BCUT2D eigenvalue weighted by molar-refractivity contribution is -0.114. The highest BCUT2D eigenvalue weighted by atomic mass is 16.5. The first-order valence-corrected chi connectivity index (χ1v) is 9.30. The minimum atomic E-state index is -0.141. The summed E-state index contributed by atoms with van der Waals surface area (Å²) in [5.41, 5.74) is 4.57. The Morgan fingerprint density at radius 3 is 2.61 bits per heavy atom. The molecule has 0 spiro atoms. The van der Waals surface area contributed by atoms with Crippen LogP contribution in [0, 0.1) is 25.2 Å². The highest BCUT2D eigenvalue weighted by molar-refractivity contribution is 5.94. The quantitative estimate of drug-likeness (QED) is 0.860. The minimum Gasteiger partial charge on any atom is -0.378 e. The standard InChI is InChI=1S/C21H25N5O2/c1-15-12-20(19(13-22)16(2)23-15)25(3)14-21(27)24-17-4-6-18(7-5-17)26-8-10-28-11-9-26/h4-7,12H,8-11,14H2,1-3H3,(H,24,27). The highest BCUT2D eigenvalue weighted by Crippen LogP contribution is 2.23. The zero-order chi connectivity index (χ0) is 20.1. The molecule has 1 aromatic carbocycles. The predicted molar refractivity (Wildman–Crippen MR) is 110 cm³/mol. The molecule has 1 amide bonds. The van der Waals surface area contributed by atoms with E-state index in [4.69, 9.17) is 4.74 Å². The number of nitrogens with zero attached hydrogens (tertiary/aromatic N) is 4. The average Bonchev–Trinajstić information content (AvgIpc) is 2.68. The third-order valence-electron chi connectivity index (χ3n) is 4.74. The zero-order valence-corrected chi connectivity index (χ0v) is 16.5. The van der Waals surface area contributed by atoms with Crippen LogP contribution in [0.2, 0.25) is 0 Å². The third kappa shape index (κ3) is 4.59. The molecule has 1 fully saturated rings. The van der Waals surface area contributed by atoms with Crippen molar-refractivity contribution in [2.24, 2.45) is 0 Å². The summed E-state index contributed by atoms with van der Waals surface area (Å²) in [5.74, 6) is -0.141. The number of aromatic nitrogens is 1. The third-order valence-corrected chi connectivity index (χ3v) is 4.74. The summed E-state index contributed by atoms with van der Waals surface area (Å²) < 4.78 is 5.37. The van der Waals surface area contributed by atoms with Gasteiger partial charge < -0.3 is 19.9 Å². The number of hydrogen-bond donors (Lipinski definition) is 1. The van der Waals surface area contributed by atoms with Crippen LogP contribution in [0.25, 0.3) is 0 Å². The number of morpholine rings is 1. The molecular formula is C21H25N5O2. The first kappa shape index (κ1) is 19.6. The molecule has 28 heavy (non-hydrogen) atoms. The zero-order valence-electron chi connectivity index (χ0n) is 16.5. The van der Waals surface area contributed by atoms with Crippen molar-refractivity contribution in [3.63, 3.8) is 0 Å². The Balaban J connectivity index is 1.63. The fraction of sp³-hybridized carbons (Fsp3) is 0.381. The van der Waals surface area contributed by atoms with Crippen LogP contribution in [0.3, 0.4) is 0 Å². The monoisotopic (exact) mass is 379 g/mol. The van der Waals surface area contributed by atoms with Crippen LogP contribution in [0.15, 0.2) is 30.3 Å². The van der Waals surface area contributed by atoms with Crippen LogP contribution < -0.4 is 15.1 Å². The summed E-state index contributed by atoms with van der Waals surface area (Å²) in [4.78, 5) is 20.8. The van der Waals surface area contributed by atoms with E-state index in [1.807, 2.05) is 37.3 Å². The van der Waals surface area contributed by atoms with E-state index in [0.29, 0.717) is 16.9 Å². The van der Waals surface area contributed by atoms with Gasteiger partial charge in [-0.3, -0.25) is 9.78 Å². The summed E-state index contributed by atoms with van der Waals surface area (Å²) in [5, 5.41) is 12.3. The molecule has 0 bridgehead atoms. The molecule has 2 heterocycles. The van der Waals surface area contributed by atoms with Gasteiger partial charge in [-0.05, 0) is 44.2 Å². The van der Waals surface area contributed by atoms with Crippen molar-refractivity contribution in [1.29, 1.82) is 5.26 Å². The van der Waals surface area contributed by atoms with E-state index in [-0.39, 0.29) is 12.5 Å². The first-order chi connectivity index (χ1) is 13.5. The molecule has 0 aliphatic carbocycles. The summed E-state index contributed by atoms with van der Waals surface area (Å²) in [6.45, 7) is 7.06. The van der Waals surface area contributed by atoms with Gasteiger partial charge in [0, 0.05) is 37.2 Å². The molecule has 146 valence electrons. The molecule has 1 N–H and O–H groups in total. The van der Waals surface area contributed by atoms with Crippen LogP contribution in [-0.4, -0.2) is 50.8 Å². The highest BCUT2D eigenvalue weighted by Gasteiger charge is 2.15. The molecule has 2 aromatic rings. The van der Waals surface area contributed by atoms with E-state index in [0.717, 1.165) is 43.4 Å². The lowest BCUT2D eigenvalue weighted by atomic mass is 10.1. The number of aryl methyl sites for hydroxylation is 2. The summed E-state index contributed by atoms with van der Waals surface area (Å²) in [6.07, 6.45) is 0. The number of carbonyl (C=O) groups excluding carboxylic acids is 1. The maximum absolute atomic E-state index is 12.5. The van der Waals surface area contributed by atoms with Crippen LogP contribution in [0.4, 0.5) is 17.1 Å². The summed E-state index contributed by atoms with van der Waals surface area (Å²) >= 11 is 0. The van der Waals surface area contributed by atoms with Crippen molar-refractivity contribution in [3.8, 4) is 6.07 Å². The lowest BCUT2D eigenvalue weighted by Crippen LogP contribution is -2.36. The number of likely N-dealkylation sites (N-methyl/N-ethyl adjacent to an activating group) is 1. The largest absolute Gasteiger partial charge is 0.378 e. The molecule has 1 saturated heterocycles. The number of pyridine rings is 1. The number of ether oxygens (including phenoxy) is 1. The number of nitrogens with one attached hydrogen (secondary N) is 1. The van der Waals surface area contributed by atoms with Gasteiger partial charge >= 0.3 is 0 Å². The summed E-state index contributed by atoms with van der Waals surface area (Å²) in [7, 11) is 1.80. The minimum absolute atomic E-state index is 0.141. The van der Waals surface area contributed by atoms with Gasteiger partial charge in [-0.15, -0.1) is 0 Å². The Labute approximate surface area is 165 Å². The Bertz CT molecular complexity index is 883.